The van der Waals surface area contributed by atoms with Crippen LogP contribution in [-0.2, 0) is 10.2 Å². The largest absolute Gasteiger partial charge is 0.395 e. The molecular formula is C14H30N2O3S. The van der Waals surface area contributed by atoms with Crippen LogP contribution >= 0.6 is 0 Å². The predicted octanol–water partition coefficient (Wildman–Crippen LogP) is 1.60. The van der Waals surface area contributed by atoms with Gasteiger partial charge in [-0.05, 0) is 30.6 Å². The topological polar surface area (TPSA) is 69.6 Å². The van der Waals surface area contributed by atoms with Gasteiger partial charge in [-0.3, -0.25) is 0 Å². The quantitative estimate of drug-likeness (QED) is 0.750. The molecule has 5 nitrogen and oxygen atoms in total. The Morgan fingerprint density at radius 3 is 2.30 bits per heavy atom. The Hall–Kier alpha value is -0.170. The zero-order chi connectivity index (χ0) is 15.3. The molecule has 1 saturated heterocycles. The van der Waals surface area contributed by atoms with Crippen LogP contribution in [0.3, 0.4) is 0 Å². The van der Waals surface area contributed by atoms with Crippen LogP contribution in [0.4, 0.5) is 0 Å². The predicted molar refractivity (Wildman–Crippen MR) is 81.5 cm³/mol. The molecule has 1 aliphatic heterocycles. The van der Waals surface area contributed by atoms with E-state index < -0.39 is 10.2 Å². The molecule has 120 valence electrons. The summed E-state index contributed by atoms with van der Waals surface area (Å²) in [6, 6.07) is -0.266. The standard InChI is InChI=1S/C14H30N2O3S/c1-11(2)14(12(3)4)9-15-20(18,19)16-8-6-5-7-13(16)10-17/h11-15,17H,5-10H2,1-4H3. The van der Waals surface area contributed by atoms with E-state index in [2.05, 4.69) is 32.4 Å². The van der Waals surface area contributed by atoms with Crippen molar-refractivity contribution in [1.82, 2.24) is 9.03 Å². The molecule has 0 amide bonds. The molecule has 1 heterocycles. The lowest BCUT2D eigenvalue weighted by Crippen LogP contribution is -2.51. The van der Waals surface area contributed by atoms with Gasteiger partial charge in [-0.2, -0.15) is 12.7 Å². The van der Waals surface area contributed by atoms with E-state index in [1.807, 2.05) is 0 Å². The minimum absolute atomic E-state index is 0.0985. The van der Waals surface area contributed by atoms with E-state index >= 15 is 0 Å². The van der Waals surface area contributed by atoms with Crippen molar-refractivity contribution in [2.75, 3.05) is 19.7 Å². The Balaban J connectivity index is 2.68. The third-order valence-electron chi connectivity index (χ3n) is 4.31. The van der Waals surface area contributed by atoms with E-state index in [1.165, 1.54) is 4.31 Å². The molecule has 0 saturated carbocycles. The van der Waals surface area contributed by atoms with E-state index in [-0.39, 0.29) is 12.6 Å². The van der Waals surface area contributed by atoms with Crippen molar-refractivity contribution in [2.45, 2.75) is 53.0 Å². The monoisotopic (exact) mass is 306 g/mol. The normalized spacial score (nSPS) is 22.1. The molecule has 0 spiro atoms. The van der Waals surface area contributed by atoms with Gasteiger partial charge in [0, 0.05) is 19.1 Å². The number of aliphatic hydroxyl groups excluding tert-OH is 1. The number of piperidine rings is 1. The summed E-state index contributed by atoms with van der Waals surface area (Å²) in [5, 5.41) is 9.34. The highest BCUT2D eigenvalue weighted by molar-refractivity contribution is 7.87. The summed E-state index contributed by atoms with van der Waals surface area (Å²) < 4.78 is 29.0. The Morgan fingerprint density at radius 2 is 1.80 bits per heavy atom. The highest BCUT2D eigenvalue weighted by Gasteiger charge is 2.32. The van der Waals surface area contributed by atoms with E-state index in [1.54, 1.807) is 0 Å². The third kappa shape index (κ3) is 4.69. The molecule has 1 atom stereocenters. The van der Waals surface area contributed by atoms with Crippen LogP contribution in [0.5, 0.6) is 0 Å². The van der Waals surface area contributed by atoms with Crippen LogP contribution in [0, 0.1) is 17.8 Å². The zero-order valence-electron chi connectivity index (χ0n) is 13.2. The molecule has 1 rings (SSSR count). The van der Waals surface area contributed by atoms with Gasteiger partial charge >= 0.3 is 0 Å². The molecule has 0 aromatic rings. The van der Waals surface area contributed by atoms with Crippen LogP contribution in [0.25, 0.3) is 0 Å². The van der Waals surface area contributed by atoms with E-state index in [0.29, 0.717) is 30.8 Å². The molecular weight excluding hydrogens is 276 g/mol. The maximum Gasteiger partial charge on any atom is 0.279 e. The first-order chi connectivity index (χ1) is 9.29. The minimum atomic E-state index is -3.48. The number of hydrogen-bond acceptors (Lipinski definition) is 3. The van der Waals surface area contributed by atoms with Gasteiger partial charge in [-0.1, -0.05) is 34.1 Å². The second-order valence-corrected chi connectivity index (χ2v) is 8.16. The second kappa shape index (κ2) is 7.73. The Kier molecular flexibility index (Phi) is 6.91. The van der Waals surface area contributed by atoms with Gasteiger partial charge in [-0.15, -0.1) is 0 Å². The van der Waals surface area contributed by atoms with Crippen molar-refractivity contribution in [3.63, 3.8) is 0 Å². The third-order valence-corrected chi connectivity index (χ3v) is 5.94. The fourth-order valence-electron chi connectivity index (χ4n) is 3.00. The maximum absolute atomic E-state index is 12.4. The summed E-state index contributed by atoms with van der Waals surface area (Å²) in [6.45, 7) is 9.36. The first kappa shape index (κ1) is 17.9. The second-order valence-electron chi connectivity index (χ2n) is 6.45. The molecule has 20 heavy (non-hydrogen) atoms. The average molecular weight is 306 g/mol. The number of nitrogens with zero attached hydrogens (tertiary/aromatic N) is 1. The summed E-state index contributed by atoms with van der Waals surface area (Å²) in [5.74, 6) is 1.20. The van der Waals surface area contributed by atoms with Crippen LogP contribution in [0.1, 0.15) is 47.0 Å². The number of nitrogens with one attached hydrogen (secondary N) is 1. The number of aliphatic hydroxyl groups is 1. The summed E-state index contributed by atoms with van der Waals surface area (Å²) >= 11 is 0. The van der Waals surface area contributed by atoms with Gasteiger partial charge in [-0.25, -0.2) is 4.72 Å². The summed E-state index contributed by atoms with van der Waals surface area (Å²) in [4.78, 5) is 0. The fraction of sp³-hybridized carbons (Fsp3) is 1.00. The lowest BCUT2D eigenvalue weighted by molar-refractivity contribution is 0.153. The van der Waals surface area contributed by atoms with Gasteiger partial charge in [0.2, 0.25) is 0 Å². The smallest absolute Gasteiger partial charge is 0.279 e. The molecule has 0 aliphatic carbocycles. The van der Waals surface area contributed by atoms with Crippen molar-refractivity contribution < 1.29 is 13.5 Å². The Morgan fingerprint density at radius 1 is 1.20 bits per heavy atom. The van der Waals surface area contributed by atoms with Crippen molar-refractivity contribution in [3.05, 3.63) is 0 Å². The first-order valence-electron chi connectivity index (χ1n) is 7.67. The fourth-order valence-corrected chi connectivity index (χ4v) is 4.50. The molecule has 1 unspecified atom stereocenters. The van der Waals surface area contributed by atoms with Gasteiger partial charge in [0.05, 0.1) is 6.61 Å². The van der Waals surface area contributed by atoms with Crippen molar-refractivity contribution >= 4 is 10.2 Å². The van der Waals surface area contributed by atoms with Crippen LogP contribution in [-0.4, -0.2) is 43.6 Å². The highest BCUT2D eigenvalue weighted by Crippen LogP contribution is 2.22. The summed E-state index contributed by atoms with van der Waals surface area (Å²) in [5.41, 5.74) is 0. The maximum atomic E-state index is 12.4. The van der Waals surface area contributed by atoms with Gasteiger partial charge in [0.1, 0.15) is 0 Å². The van der Waals surface area contributed by atoms with Crippen molar-refractivity contribution in [3.8, 4) is 0 Å². The average Bonchev–Trinajstić information content (AvgIpc) is 2.37. The highest BCUT2D eigenvalue weighted by atomic mass is 32.2. The van der Waals surface area contributed by atoms with Crippen molar-refractivity contribution in [2.24, 2.45) is 17.8 Å². The minimum Gasteiger partial charge on any atom is -0.395 e. The zero-order valence-corrected chi connectivity index (χ0v) is 14.0. The van der Waals surface area contributed by atoms with Crippen LogP contribution < -0.4 is 4.72 Å². The van der Waals surface area contributed by atoms with Crippen LogP contribution in [0.2, 0.25) is 0 Å². The molecule has 1 fully saturated rings. The molecule has 0 aromatic heterocycles. The summed E-state index contributed by atoms with van der Waals surface area (Å²) in [7, 11) is -3.48. The molecule has 2 N–H and O–H groups in total. The number of rotatable bonds is 7. The molecule has 0 radical (unpaired) electrons. The van der Waals surface area contributed by atoms with Gasteiger partial charge < -0.3 is 5.11 Å². The molecule has 0 bridgehead atoms. The summed E-state index contributed by atoms with van der Waals surface area (Å²) in [6.07, 6.45) is 2.60. The van der Waals surface area contributed by atoms with Crippen molar-refractivity contribution in [1.29, 1.82) is 0 Å². The first-order valence-corrected chi connectivity index (χ1v) is 9.11. The lowest BCUT2D eigenvalue weighted by Gasteiger charge is -2.34. The Bertz CT molecular complexity index is 374. The Labute approximate surface area is 123 Å². The van der Waals surface area contributed by atoms with E-state index in [4.69, 9.17) is 0 Å². The number of hydrogen-bond donors (Lipinski definition) is 2. The SMILES string of the molecule is CC(C)C(CNS(=O)(=O)N1CCCCC1CO)C(C)C. The van der Waals surface area contributed by atoms with Gasteiger partial charge in [0.15, 0.2) is 0 Å². The van der Waals surface area contributed by atoms with E-state index in [9.17, 15) is 13.5 Å². The molecule has 6 heteroatoms. The molecule has 0 aromatic carbocycles. The lowest BCUT2D eigenvalue weighted by atomic mass is 9.86. The van der Waals surface area contributed by atoms with Crippen LogP contribution in [0.15, 0.2) is 0 Å². The van der Waals surface area contributed by atoms with E-state index in [0.717, 1.165) is 19.3 Å². The van der Waals surface area contributed by atoms with Gasteiger partial charge in [0.25, 0.3) is 10.2 Å². The molecule has 1 aliphatic rings.